The number of hydrogen-bond acceptors (Lipinski definition) is 2. The van der Waals surface area contributed by atoms with Crippen LogP contribution in [0.5, 0.6) is 0 Å². The first kappa shape index (κ1) is 12.5. The van der Waals surface area contributed by atoms with Gasteiger partial charge in [-0.05, 0) is 43.1 Å². The second kappa shape index (κ2) is 5.61. The van der Waals surface area contributed by atoms with E-state index < -0.39 is 0 Å². The molecule has 0 unspecified atom stereocenters. The van der Waals surface area contributed by atoms with E-state index in [4.69, 9.17) is 5.73 Å². The van der Waals surface area contributed by atoms with E-state index in [1.807, 2.05) is 6.07 Å². The molecule has 1 fully saturated rings. The minimum atomic E-state index is -0.178. The Hall–Kier alpha value is -0.930. The molecule has 0 spiro atoms. The van der Waals surface area contributed by atoms with Crippen molar-refractivity contribution in [3.63, 3.8) is 0 Å². The van der Waals surface area contributed by atoms with Crippen molar-refractivity contribution in [2.45, 2.75) is 44.8 Å². The van der Waals surface area contributed by atoms with Crippen molar-refractivity contribution in [1.29, 1.82) is 0 Å². The molecule has 94 valence electrons. The summed E-state index contributed by atoms with van der Waals surface area (Å²) in [6.07, 6.45) is 5.20. The van der Waals surface area contributed by atoms with Crippen LogP contribution in [0.4, 0.5) is 4.39 Å². The van der Waals surface area contributed by atoms with Crippen LogP contribution in [0.2, 0.25) is 0 Å². The van der Waals surface area contributed by atoms with E-state index in [1.165, 1.54) is 31.7 Å². The van der Waals surface area contributed by atoms with Gasteiger partial charge < -0.3 is 5.73 Å². The van der Waals surface area contributed by atoms with Crippen molar-refractivity contribution in [3.05, 3.63) is 35.1 Å². The normalized spacial score (nSPS) is 16.9. The van der Waals surface area contributed by atoms with E-state index in [1.54, 1.807) is 6.07 Å². The van der Waals surface area contributed by atoms with Crippen LogP contribution in [0.3, 0.4) is 0 Å². The lowest BCUT2D eigenvalue weighted by Gasteiger charge is -2.24. The maximum Gasteiger partial charge on any atom is 0.123 e. The van der Waals surface area contributed by atoms with Gasteiger partial charge in [-0.1, -0.05) is 18.9 Å². The van der Waals surface area contributed by atoms with E-state index in [0.717, 1.165) is 17.7 Å². The highest BCUT2D eigenvalue weighted by atomic mass is 19.1. The lowest BCUT2D eigenvalue weighted by atomic mass is 10.1. The molecular weight excluding hydrogens is 215 g/mol. The first-order valence-corrected chi connectivity index (χ1v) is 6.37. The highest BCUT2D eigenvalue weighted by Gasteiger charge is 2.19. The van der Waals surface area contributed by atoms with Gasteiger partial charge in [0, 0.05) is 19.1 Å². The molecule has 0 aliphatic heterocycles. The average molecular weight is 236 g/mol. The van der Waals surface area contributed by atoms with Gasteiger partial charge in [-0.3, -0.25) is 4.90 Å². The summed E-state index contributed by atoms with van der Waals surface area (Å²) in [5.74, 6) is -0.178. The van der Waals surface area contributed by atoms with Crippen molar-refractivity contribution in [2.24, 2.45) is 5.73 Å². The average Bonchev–Trinajstić information content (AvgIpc) is 2.81. The molecule has 17 heavy (non-hydrogen) atoms. The molecule has 0 bridgehead atoms. The maximum atomic E-state index is 13.4. The largest absolute Gasteiger partial charge is 0.326 e. The van der Waals surface area contributed by atoms with Gasteiger partial charge in [0.1, 0.15) is 5.82 Å². The van der Waals surface area contributed by atoms with Crippen LogP contribution in [-0.2, 0) is 13.1 Å². The molecule has 1 saturated carbocycles. The Bertz CT molecular complexity index is 372. The molecular formula is C14H21FN2. The van der Waals surface area contributed by atoms with E-state index in [9.17, 15) is 4.39 Å². The number of nitrogens with zero attached hydrogens (tertiary/aromatic N) is 1. The van der Waals surface area contributed by atoms with E-state index in [0.29, 0.717) is 12.6 Å². The minimum Gasteiger partial charge on any atom is -0.326 e. The molecule has 0 heterocycles. The summed E-state index contributed by atoms with van der Waals surface area (Å²) < 4.78 is 13.4. The summed E-state index contributed by atoms with van der Waals surface area (Å²) in [5.41, 5.74) is 7.46. The fourth-order valence-electron chi connectivity index (χ4n) is 2.69. The Labute approximate surface area is 103 Å². The van der Waals surface area contributed by atoms with Gasteiger partial charge in [0.15, 0.2) is 0 Å². The Balaban J connectivity index is 2.04. The first-order valence-electron chi connectivity index (χ1n) is 6.37. The second-order valence-corrected chi connectivity index (χ2v) is 5.03. The number of halogens is 1. The van der Waals surface area contributed by atoms with Crippen LogP contribution in [0, 0.1) is 5.82 Å². The summed E-state index contributed by atoms with van der Waals surface area (Å²) in [6.45, 7) is 1.22. The van der Waals surface area contributed by atoms with Crippen LogP contribution in [-0.4, -0.2) is 18.0 Å². The molecule has 0 amide bonds. The monoisotopic (exact) mass is 236 g/mol. The van der Waals surface area contributed by atoms with Gasteiger partial charge in [0.2, 0.25) is 0 Å². The third kappa shape index (κ3) is 3.27. The SMILES string of the molecule is CN(Cc1cc(F)cc(CN)c1)C1CCCC1. The Morgan fingerprint density at radius 3 is 2.53 bits per heavy atom. The first-order chi connectivity index (χ1) is 8.19. The van der Waals surface area contributed by atoms with Gasteiger partial charge in [-0.2, -0.15) is 0 Å². The molecule has 0 aromatic heterocycles. The summed E-state index contributed by atoms with van der Waals surface area (Å²) >= 11 is 0. The third-order valence-corrected chi connectivity index (χ3v) is 3.63. The molecule has 1 aliphatic rings. The van der Waals surface area contributed by atoms with Gasteiger partial charge in [0.25, 0.3) is 0 Å². The summed E-state index contributed by atoms with van der Waals surface area (Å²) in [4.78, 5) is 2.34. The molecule has 1 aliphatic carbocycles. The number of rotatable bonds is 4. The lowest BCUT2D eigenvalue weighted by Crippen LogP contribution is -2.28. The Morgan fingerprint density at radius 1 is 1.24 bits per heavy atom. The number of hydrogen-bond donors (Lipinski definition) is 1. The predicted molar refractivity (Wildman–Crippen MR) is 68.0 cm³/mol. The molecule has 2 N–H and O–H groups in total. The summed E-state index contributed by atoms with van der Waals surface area (Å²) in [6, 6.07) is 5.80. The topological polar surface area (TPSA) is 29.3 Å². The van der Waals surface area contributed by atoms with Gasteiger partial charge in [-0.15, -0.1) is 0 Å². The molecule has 2 nitrogen and oxygen atoms in total. The molecule has 0 atom stereocenters. The molecule has 1 aromatic rings. The summed E-state index contributed by atoms with van der Waals surface area (Å²) in [5, 5.41) is 0. The highest BCUT2D eigenvalue weighted by Crippen LogP contribution is 2.24. The predicted octanol–water partition coefficient (Wildman–Crippen LogP) is 2.66. The van der Waals surface area contributed by atoms with Crippen LogP contribution >= 0.6 is 0 Å². The van der Waals surface area contributed by atoms with E-state index in [-0.39, 0.29) is 5.82 Å². The molecule has 2 rings (SSSR count). The third-order valence-electron chi connectivity index (χ3n) is 3.63. The fraction of sp³-hybridized carbons (Fsp3) is 0.571. The molecule has 1 aromatic carbocycles. The van der Waals surface area contributed by atoms with Gasteiger partial charge in [-0.25, -0.2) is 4.39 Å². The minimum absolute atomic E-state index is 0.178. The smallest absolute Gasteiger partial charge is 0.123 e. The summed E-state index contributed by atoms with van der Waals surface area (Å²) in [7, 11) is 2.13. The van der Waals surface area contributed by atoms with Gasteiger partial charge >= 0.3 is 0 Å². The van der Waals surface area contributed by atoms with E-state index >= 15 is 0 Å². The fourth-order valence-corrected chi connectivity index (χ4v) is 2.69. The van der Waals surface area contributed by atoms with E-state index in [2.05, 4.69) is 11.9 Å². The standard InChI is InChI=1S/C14H21FN2/c1-17(14-4-2-3-5-14)10-12-6-11(9-16)7-13(15)8-12/h6-8,14H,2-5,9-10,16H2,1H3. The zero-order valence-corrected chi connectivity index (χ0v) is 10.5. The van der Waals surface area contributed by atoms with Gasteiger partial charge in [0.05, 0.1) is 0 Å². The zero-order valence-electron chi connectivity index (χ0n) is 10.5. The van der Waals surface area contributed by atoms with Crippen LogP contribution in [0.25, 0.3) is 0 Å². The van der Waals surface area contributed by atoms with Crippen LogP contribution in [0.15, 0.2) is 18.2 Å². The van der Waals surface area contributed by atoms with Crippen molar-refractivity contribution >= 4 is 0 Å². The van der Waals surface area contributed by atoms with Crippen molar-refractivity contribution in [1.82, 2.24) is 4.90 Å². The van der Waals surface area contributed by atoms with Crippen molar-refractivity contribution < 1.29 is 4.39 Å². The maximum absolute atomic E-state index is 13.4. The second-order valence-electron chi connectivity index (χ2n) is 5.03. The number of benzene rings is 1. The van der Waals surface area contributed by atoms with Crippen LogP contribution < -0.4 is 5.73 Å². The molecule has 3 heteroatoms. The highest BCUT2D eigenvalue weighted by molar-refractivity contribution is 5.24. The number of nitrogens with two attached hydrogens (primary N) is 1. The van der Waals surface area contributed by atoms with Crippen LogP contribution in [0.1, 0.15) is 36.8 Å². The molecule has 0 radical (unpaired) electrons. The van der Waals surface area contributed by atoms with Crippen molar-refractivity contribution in [2.75, 3.05) is 7.05 Å². The quantitative estimate of drug-likeness (QED) is 0.871. The van der Waals surface area contributed by atoms with Crippen molar-refractivity contribution in [3.8, 4) is 0 Å². The Kier molecular flexibility index (Phi) is 4.13. The Morgan fingerprint density at radius 2 is 1.88 bits per heavy atom. The lowest BCUT2D eigenvalue weighted by molar-refractivity contribution is 0.237. The molecule has 0 saturated heterocycles. The zero-order chi connectivity index (χ0) is 12.3.